The highest BCUT2D eigenvalue weighted by atomic mass is 16.3. The number of benzene rings is 10. The van der Waals surface area contributed by atoms with Crippen LogP contribution in [0.5, 0.6) is 0 Å². The van der Waals surface area contributed by atoms with Crippen molar-refractivity contribution in [3.05, 3.63) is 212 Å². The molecule has 10 aromatic carbocycles. The summed E-state index contributed by atoms with van der Waals surface area (Å²) in [4.78, 5) is 2.40. The number of furan rings is 1. The molecule has 0 aliphatic rings. The fraction of sp³-hybridized carbons (Fsp3) is 0. The third-order valence-electron chi connectivity index (χ3n) is 11.2. The van der Waals surface area contributed by atoms with Crippen LogP contribution in [0.1, 0.15) is 0 Å². The molecule has 0 atom stereocenters. The van der Waals surface area contributed by atoms with Crippen molar-refractivity contribution in [2.75, 3.05) is 4.90 Å². The van der Waals surface area contributed by atoms with E-state index in [2.05, 4.69) is 205 Å². The molecule has 0 N–H and O–H groups in total. The van der Waals surface area contributed by atoms with Gasteiger partial charge in [-0.05, 0) is 121 Å². The zero-order chi connectivity index (χ0) is 37.0. The van der Waals surface area contributed by atoms with Crippen LogP contribution < -0.4 is 4.90 Å². The Kier molecular flexibility index (Phi) is 7.53. The van der Waals surface area contributed by atoms with Gasteiger partial charge in [-0.3, -0.25) is 0 Å². The molecule has 0 bridgehead atoms. The van der Waals surface area contributed by atoms with Crippen LogP contribution in [0.2, 0.25) is 0 Å². The van der Waals surface area contributed by atoms with Gasteiger partial charge in [0.25, 0.3) is 0 Å². The van der Waals surface area contributed by atoms with Gasteiger partial charge in [0.05, 0.1) is 5.69 Å². The summed E-state index contributed by atoms with van der Waals surface area (Å²) in [6.45, 7) is 0. The number of para-hydroxylation sites is 2. The molecule has 0 amide bonds. The van der Waals surface area contributed by atoms with E-state index >= 15 is 0 Å². The number of rotatable bonds is 6. The number of anilines is 3. The van der Waals surface area contributed by atoms with Crippen molar-refractivity contribution in [1.82, 2.24) is 0 Å². The Morgan fingerprint density at radius 2 is 0.893 bits per heavy atom. The molecule has 2 nitrogen and oxygen atoms in total. The average Bonchev–Trinajstić information content (AvgIpc) is 3.65. The van der Waals surface area contributed by atoms with Crippen LogP contribution in [0.25, 0.3) is 87.6 Å². The zero-order valence-electron chi connectivity index (χ0n) is 30.6. The molecule has 0 saturated heterocycles. The summed E-state index contributed by atoms with van der Waals surface area (Å²) >= 11 is 0. The number of hydrogen-bond donors (Lipinski definition) is 0. The molecule has 1 aromatic heterocycles. The molecule has 0 radical (unpaired) electrons. The van der Waals surface area contributed by atoms with Gasteiger partial charge in [0.1, 0.15) is 11.2 Å². The van der Waals surface area contributed by atoms with Crippen LogP contribution in [-0.2, 0) is 0 Å². The lowest BCUT2D eigenvalue weighted by Crippen LogP contribution is -2.11. The van der Waals surface area contributed by atoms with Crippen molar-refractivity contribution in [2.24, 2.45) is 0 Å². The van der Waals surface area contributed by atoms with Gasteiger partial charge in [0, 0.05) is 27.7 Å². The fourth-order valence-electron chi connectivity index (χ4n) is 8.42. The van der Waals surface area contributed by atoms with E-state index in [1.165, 1.54) is 49.0 Å². The maximum Gasteiger partial charge on any atom is 0.135 e. The maximum atomic E-state index is 6.18. The van der Waals surface area contributed by atoms with Gasteiger partial charge in [-0.25, -0.2) is 0 Å². The molecule has 262 valence electrons. The van der Waals surface area contributed by atoms with Crippen molar-refractivity contribution in [1.29, 1.82) is 0 Å². The van der Waals surface area contributed by atoms with Gasteiger partial charge in [0.2, 0.25) is 0 Å². The Balaban J connectivity index is 1.06. The summed E-state index contributed by atoms with van der Waals surface area (Å²) in [6.07, 6.45) is 0. The summed E-state index contributed by atoms with van der Waals surface area (Å²) in [6, 6.07) is 76.7. The van der Waals surface area contributed by atoms with E-state index in [0.717, 1.165) is 55.7 Å². The van der Waals surface area contributed by atoms with E-state index in [0.29, 0.717) is 0 Å². The van der Waals surface area contributed by atoms with Crippen molar-refractivity contribution >= 4 is 71.3 Å². The predicted molar refractivity (Wildman–Crippen MR) is 237 cm³/mol. The van der Waals surface area contributed by atoms with Gasteiger partial charge in [-0.15, -0.1) is 0 Å². The SMILES string of the molecule is c1cc(-c2ccc3oc4ccccc4c3c2)cc(N(c2ccc(-c3ccc4ccccc4c3)cc2)c2ccccc2-c2ccc3c(ccc4ccccc43)c2)c1. The van der Waals surface area contributed by atoms with Crippen molar-refractivity contribution < 1.29 is 4.42 Å². The standard InChI is InChI=1S/C54H35NO/c1-2-12-39-32-41(22-20-36(39)10-1)37-24-28-45(29-25-37)55(46-14-9-13-40(34-46)42-27-31-54-51(35-42)50-17-6-8-19-53(50)56-54)52-18-7-5-16-49(52)44-26-30-48-43(33-44)23-21-38-11-3-4-15-47(38)48/h1-35H. The van der Waals surface area contributed by atoms with E-state index in [9.17, 15) is 0 Å². The van der Waals surface area contributed by atoms with Crippen LogP contribution in [0.3, 0.4) is 0 Å². The molecular weight excluding hydrogens is 679 g/mol. The number of hydrogen-bond acceptors (Lipinski definition) is 2. The minimum absolute atomic E-state index is 0.900. The third-order valence-corrected chi connectivity index (χ3v) is 11.2. The lowest BCUT2D eigenvalue weighted by atomic mass is 9.95. The van der Waals surface area contributed by atoms with Gasteiger partial charge in [-0.1, -0.05) is 152 Å². The Morgan fingerprint density at radius 1 is 0.286 bits per heavy atom. The van der Waals surface area contributed by atoms with Crippen molar-refractivity contribution in [3.63, 3.8) is 0 Å². The van der Waals surface area contributed by atoms with Gasteiger partial charge in [0.15, 0.2) is 0 Å². The van der Waals surface area contributed by atoms with E-state index in [4.69, 9.17) is 4.42 Å². The maximum absolute atomic E-state index is 6.18. The lowest BCUT2D eigenvalue weighted by molar-refractivity contribution is 0.669. The van der Waals surface area contributed by atoms with Crippen LogP contribution in [0.4, 0.5) is 17.1 Å². The Hall–Kier alpha value is -7.42. The topological polar surface area (TPSA) is 16.4 Å². The predicted octanol–water partition coefficient (Wildman–Crippen LogP) is 15.5. The minimum atomic E-state index is 0.900. The highest BCUT2D eigenvalue weighted by molar-refractivity contribution is 6.09. The van der Waals surface area contributed by atoms with Crippen LogP contribution >= 0.6 is 0 Å². The first-order valence-electron chi connectivity index (χ1n) is 19.2. The first-order valence-corrected chi connectivity index (χ1v) is 19.2. The van der Waals surface area contributed by atoms with Gasteiger partial charge in [-0.2, -0.15) is 0 Å². The molecule has 56 heavy (non-hydrogen) atoms. The normalized spacial score (nSPS) is 11.6. The zero-order valence-corrected chi connectivity index (χ0v) is 30.6. The first-order chi connectivity index (χ1) is 27.7. The van der Waals surface area contributed by atoms with E-state index in [1.807, 2.05) is 12.1 Å². The molecule has 1 heterocycles. The van der Waals surface area contributed by atoms with E-state index in [-0.39, 0.29) is 0 Å². The Labute approximate surface area is 325 Å². The smallest absolute Gasteiger partial charge is 0.135 e. The monoisotopic (exact) mass is 713 g/mol. The average molecular weight is 714 g/mol. The molecule has 0 fully saturated rings. The molecule has 0 unspecified atom stereocenters. The summed E-state index contributed by atoms with van der Waals surface area (Å²) in [5.74, 6) is 0. The summed E-state index contributed by atoms with van der Waals surface area (Å²) in [7, 11) is 0. The molecule has 0 spiro atoms. The van der Waals surface area contributed by atoms with Crippen LogP contribution in [-0.4, -0.2) is 0 Å². The minimum Gasteiger partial charge on any atom is -0.456 e. The van der Waals surface area contributed by atoms with Crippen molar-refractivity contribution in [2.45, 2.75) is 0 Å². The molecule has 11 aromatic rings. The van der Waals surface area contributed by atoms with Crippen LogP contribution in [0, 0.1) is 0 Å². The highest BCUT2D eigenvalue weighted by Crippen LogP contribution is 2.43. The molecular formula is C54H35NO. The second-order valence-corrected chi connectivity index (χ2v) is 14.5. The molecule has 2 heteroatoms. The quantitative estimate of drug-likeness (QED) is 0.160. The summed E-state index contributed by atoms with van der Waals surface area (Å²) in [5.41, 5.74) is 12.1. The molecule has 0 saturated carbocycles. The number of nitrogens with zero attached hydrogens (tertiary/aromatic N) is 1. The lowest BCUT2D eigenvalue weighted by Gasteiger charge is -2.28. The summed E-state index contributed by atoms with van der Waals surface area (Å²) < 4.78 is 6.18. The third kappa shape index (κ3) is 5.51. The van der Waals surface area contributed by atoms with Crippen molar-refractivity contribution in [3.8, 4) is 33.4 Å². The molecule has 11 rings (SSSR count). The van der Waals surface area contributed by atoms with Gasteiger partial charge < -0.3 is 9.32 Å². The molecule has 0 aliphatic heterocycles. The summed E-state index contributed by atoms with van der Waals surface area (Å²) in [5, 5.41) is 9.77. The van der Waals surface area contributed by atoms with Gasteiger partial charge >= 0.3 is 0 Å². The first kappa shape index (κ1) is 32.0. The second-order valence-electron chi connectivity index (χ2n) is 14.5. The molecule has 0 aliphatic carbocycles. The largest absolute Gasteiger partial charge is 0.456 e. The fourth-order valence-corrected chi connectivity index (χ4v) is 8.42. The number of fused-ring (bicyclic) bond motifs is 7. The van der Waals surface area contributed by atoms with E-state index < -0.39 is 0 Å². The van der Waals surface area contributed by atoms with Crippen LogP contribution in [0.15, 0.2) is 217 Å². The Bertz CT molecular complexity index is 3260. The highest BCUT2D eigenvalue weighted by Gasteiger charge is 2.19. The van der Waals surface area contributed by atoms with E-state index in [1.54, 1.807) is 0 Å². The second kappa shape index (κ2) is 13.2. The Morgan fingerprint density at radius 3 is 1.80 bits per heavy atom.